The molecule has 0 aromatic carbocycles. The first-order valence-corrected chi connectivity index (χ1v) is 7.41. The molecule has 0 aliphatic carbocycles. The van der Waals surface area contributed by atoms with Gasteiger partial charge in [0.2, 0.25) is 0 Å². The second kappa shape index (κ2) is 5.25. The molecule has 1 amide bonds. The van der Waals surface area contributed by atoms with Gasteiger partial charge in [0.1, 0.15) is 12.2 Å². The van der Waals surface area contributed by atoms with Gasteiger partial charge >= 0.3 is 0 Å². The first-order chi connectivity index (χ1) is 10.8. The summed E-state index contributed by atoms with van der Waals surface area (Å²) < 4.78 is 1.86. The highest BCUT2D eigenvalue weighted by atomic mass is 16.2. The third-order valence-electron chi connectivity index (χ3n) is 4.17. The Morgan fingerprint density at radius 1 is 1.32 bits per heavy atom. The molecule has 3 aromatic heterocycles. The number of hydrogen-bond acceptors (Lipinski definition) is 4. The van der Waals surface area contributed by atoms with E-state index in [9.17, 15) is 4.79 Å². The van der Waals surface area contributed by atoms with Crippen LogP contribution in [0.15, 0.2) is 37.2 Å². The third kappa shape index (κ3) is 2.14. The van der Waals surface area contributed by atoms with Crippen molar-refractivity contribution < 1.29 is 4.79 Å². The molecule has 1 aliphatic heterocycles. The molecular formula is C15H16N6O. The number of rotatable bonds is 2. The van der Waals surface area contributed by atoms with E-state index in [1.54, 1.807) is 12.5 Å². The lowest BCUT2D eigenvalue weighted by atomic mass is 10.0. The van der Waals surface area contributed by atoms with Gasteiger partial charge in [0.15, 0.2) is 0 Å². The lowest BCUT2D eigenvalue weighted by molar-refractivity contribution is 0.0600. The van der Waals surface area contributed by atoms with Gasteiger partial charge in [-0.25, -0.2) is 9.97 Å². The Kier molecular flexibility index (Phi) is 3.10. The minimum atomic E-state index is -0.0257. The molecule has 4 rings (SSSR count). The first-order valence-electron chi connectivity index (χ1n) is 7.41. The summed E-state index contributed by atoms with van der Waals surface area (Å²) in [5, 5.41) is 6.81. The van der Waals surface area contributed by atoms with Gasteiger partial charge in [-0.1, -0.05) is 0 Å². The van der Waals surface area contributed by atoms with Crippen LogP contribution >= 0.6 is 0 Å². The predicted molar refractivity (Wildman–Crippen MR) is 79.2 cm³/mol. The zero-order valence-corrected chi connectivity index (χ0v) is 12.0. The van der Waals surface area contributed by atoms with E-state index in [1.165, 1.54) is 6.33 Å². The number of aromatic amines is 1. The number of aromatic nitrogens is 5. The maximum atomic E-state index is 12.9. The molecule has 0 saturated carbocycles. The van der Waals surface area contributed by atoms with Crippen LogP contribution in [0.25, 0.3) is 5.52 Å². The van der Waals surface area contributed by atoms with Crippen molar-refractivity contribution >= 4 is 11.4 Å². The van der Waals surface area contributed by atoms with Crippen molar-refractivity contribution in [2.75, 3.05) is 6.54 Å². The smallest absolute Gasteiger partial charge is 0.255 e. The molecular weight excluding hydrogens is 280 g/mol. The molecule has 1 saturated heterocycles. The number of amides is 1. The highest BCUT2D eigenvalue weighted by molar-refractivity contribution is 5.94. The van der Waals surface area contributed by atoms with E-state index < -0.39 is 0 Å². The van der Waals surface area contributed by atoms with Crippen LogP contribution in [0.5, 0.6) is 0 Å². The molecule has 7 heteroatoms. The summed E-state index contributed by atoms with van der Waals surface area (Å²) in [4.78, 5) is 23.1. The number of likely N-dealkylation sites (tertiary alicyclic amines) is 1. The monoisotopic (exact) mass is 296 g/mol. The Morgan fingerprint density at radius 3 is 3.14 bits per heavy atom. The molecule has 1 fully saturated rings. The second-order valence-electron chi connectivity index (χ2n) is 5.52. The van der Waals surface area contributed by atoms with E-state index in [1.807, 2.05) is 27.6 Å². The van der Waals surface area contributed by atoms with Gasteiger partial charge < -0.3 is 9.30 Å². The Bertz CT molecular complexity index is 793. The Labute approximate surface area is 127 Å². The van der Waals surface area contributed by atoms with Crippen molar-refractivity contribution in [3.8, 4) is 0 Å². The quantitative estimate of drug-likeness (QED) is 0.782. The van der Waals surface area contributed by atoms with Crippen molar-refractivity contribution in [3.05, 3.63) is 48.6 Å². The molecule has 4 heterocycles. The van der Waals surface area contributed by atoms with E-state index >= 15 is 0 Å². The fourth-order valence-corrected chi connectivity index (χ4v) is 3.05. The molecule has 22 heavy (non-hydrogen) atoms. The third-order valence-corrected chi connectivity index (χ3v) is 4.17. The molecule has 0 spiro atoms. The average Bonchev–Trinajstić information content (AvgIpc) is 3.24. The van der Waals surface area contributed by atoms with Gasteiger partial charge in [0.25, 0.3) is 5.91 Å². The summed E-state index contributed by atoms with van der Waals surface area (Å²) in [5.74, 6) is 0.786. The number of carbonyl (C=O) groups excluding carboxylic acids is 1. The maximum absolute atomic E-state index is 12.9. The van der Waals surface area contributed by atoms with Gasteiger partial charge in [0.05, 0.1) is 29.6 Å². The van der Waals surface area contributed by atoms with Gasteiger partial charge in [-0.15, -0.1) is 0 Å². The van der Waals surface area contributed by atoms with Crippen LogP contribution in [0.1, 0.15) is 41.5 Å². The van der Waals surface area contributed by atoms with E-state index in [2.05, 4.69) is 20.2 Å². The lowest BCUT2D eigenvalue weighted by Crippen LogP contribution is -2.39. The number of fused-ring (bicyclic) bond motifs is 1. The SMILES string of the molecule is O=C(c1ccc2cncn2c1)N1CCCC[C@H]1c1ncn[nH]1. The van der Waals surface area contributed by atoms with E-state index in [4.69, 9.17) is 0 Å². The summed E-state index contributed by atoms with van der Waals surface area (Å²) in [5.41, 5.74) is 1.64. The molecule has 1 aliphatic rings. The maximum Gasteiger partial charge on any atom is 0.255 e. The number of nitrogens with one attached hydrogen (secondary N) is 1. The topological polar surface area (TPSA) is 79.2 Å². The number of nitrogens with zero attached hydrogens (tertiary/aromatic N) is 5. The summed E-state index contributed by atoms with van der Waals surface area (Å²) in [6.45, 7) is 0.742. The number of imidazole rings is 1. The minimum absolute atomic E-state index is 0.0247. The minimum Gasteiger partial charge on any atom is -0.328 e. The number of hydrogen-bond donors (Lipinski definition) is 1. The molecule has 0 unspecified atom stereocenters. The number of piperidine rings is 1. The van der Waals surface area contributed by atoms with E-state index in [-0.39, 0.29) is 11.9 Å². The fourth-order valence-electron chi connectivity index (χ4n) is 3.05. The summed E-state index contributed by atoms with van der Waals surface area (Å²) in [6, 6.07) is 3.74. The van der Waals surface area contributed by atoms with E-state index in [0.717, 1.165) is 37.1 Å². The molecule has 112 valence electrons. The van der Waals surface area contributed by atoms with Gasteiger partial charge in [0, 0.05) is 12.7 Å². The van der Waals surface area contributed by atoms with Crippen molar-refractivity contribution in [3.63, 3.8) is 0 Å². The van der Waals surface area contributed by atoms with Crippen molar-refractivity contribution in [2.45, 2.75) is 25.3 Å². The second-order valence-corrected chi connectivity index (χ2v) is 5.52. The van der Waals surface area contributed by atoms with Crippen molar-refractivity contribution in [1.29, 1.82) is 0 Å². The Balaban J connectivity index is 1.67. The van der Waals surface area contributed by atoms with Crippen LogP contribution in [-0.4, -0.2) is 41.9 Å². The molecule has 0 bridgehead atoms. The molecule has 7 nitrogen and oxygen atoms in total. The van der Waals surface area contributed by atoms with E-state index in [0.29, 0.717) is 5.56 Å². The van der Waals surface area contributed by atoms with Crippen LogP contribution in [0.4, 0.5) is 0 Å². The van der Waals surface area contributed by atoms with Crippen LogP contribution in [0, 0.1) is 0 Å². The molecule has 1 atom stereocenters. The Hall–Kier alpha value is -2.70. The van der Waals surface area contributed by atoms with Gasteiger partial charge in [-0.3, -0.25) is 9.89 Å². The predicted octanol–water partition coefficient (Wildman–Crippen LogP) is 1.82. The highest BCUT2D eigenvalue weighted by Crippen LogP contribution is 2.29. The highest BCUT2D eigenvalue weighted by Gasteiger charge is 2.30. The molecule has 3 aromatic rings. The van der Waals surface area contributed by atoms with Crippen LogP contribution in [0.3, 0.4) is 0 Å². The fraction of sp³-hybridized carbons (Fsp3) is 0.333. The van der Waals surface area contributed by atoms with Crippen molar-refractivity contribution in [2.24, 2.45) is 0 Å². The normalized spacial score (nSPS) is 18.7. The zero-order chi connectivity index (χ0) is 14.9. The number of carbonyl (C=O) groups is 1. The number of pyridine rings is 1. The van der Waals surface area contributed by atoms with Gasteiger partial charge in [-0.05, 0) is 31.4 Å². The molecule has 0 radical (unpaired) electrons. The summed E-state index contributed by atoms with van der Waals surface area (Å²) in [7, 11) is 0. The average molecular weight is 296 g/mol. The number of H-pyrrole nitrogens is 1. The van der Waals surface area contributed by atoms with Crippen molar-refractivity contribution in [1.82, 2.24) is 29.5 Å². The summed E-state index contributed by atoms with van der Waals surface area (Å²) in [6.07, 6.45) is 9.82. The largest absolute Gasteiger partial charge is 0.328 e. The van der Waals surface area contributed by atoms with Crippen LogP contribution in [0.2, 0.25) is 0 Å². The zero-order valence-electron chi connectivity index (χ0n) is 12.0. The first kappa shape index (κ1) is 13.0. The summed E-state index contributed by atoms with van der Waals surface area (Å²) >= 11 is 0. The molecule has 1 N–H and O–H groups in total. The lowest BCUT2D eigenvalue weighted by Gasteiger charge is -2.34. The van der Waals surface area contributed by atoms with Crippen LogP contribution in [-0.2, 0) is 0 Å². The van der Waals surface area contributed by atoms with Gasteiger partial charge in [-0.2, -0.15) is 5.10 Å². The van der Waals surface area contributed by atoms with Crippen LogP contribution < -0.4 is 0 Å². The standard InChI is InChI=1S/C15H16N6O/c22-15(11-4-5-12-7-16-10-20(12)8-11)21-6-2-1-3-13(21)14-17-9-18-19-14/h4-5,7-10,13H,1-3,6H2,(H,17,18,19)/t13-/m0/s1. The Morgan fingerprint density at radius 2 is 2.27 bits per heavy atom.